The molecule has 0 atom stereocenters. The fraction of sp³-hybridized carbons (Fsp3) is 0.100. The third-order valence-corrected chi connectivity index (χ3v) is 2.04. The Hall–Kier alpha value is -1.38. The van der Waals surface area contributed by atoms with Crippen LogP contribution < -0.4 is 0 Å². The molecule has 0 unspecified atom stereocenters. The number of isothiocyanates is 3. The van der Waals surface area contributed by atoms with Gasteiger partial charge in [-0.05, 0) is 36.7 Å². The smallest absolute Gasteiger partial charge is 0.172 e. The van der Waals surface area contributed by atoms with Crippen molar-refractivity contribution < 1.29 is 0 Å². The molecule has 0 aliphatic rings. The number of rotatable bonds is 4. The lowest BCUT2D eigenvalue weighted by atomic mass is 10.1. The Morgan fingerprint density at radius 2 is 1.25 bits per heavy atom. The lowest BCUT2D eigenvalue weighted by Gasteiger charge is -2.16. The molecule has 0 N–H and O–H groups in total. The standard InChI is InChI=1S/C10H5N3S3/c14-6-11-10(12-7-15,13-8-16)9-4-2-1-3-5-9/h1-5H. The van der Waals surface area contributed by atoms with E-state index in [0.717, 1.165) is 0 Å². The molecule has 0 saturated carbocycles. The van der Waals surface area contributed by atoms with Crippen LogP contribution in [0.2, 0.25) is 0 Å². The molecule has 0 aliphatic carbocycles. The molecular formula is C10H5N3S3. The number of nitrogens with zero attached hydrogens (tertiary/aromatic N) is 3. The first kappa shape index (κ1) is 12.7. The molecular weight excluding hydrogens is 258 g/mol. The van der Waals surface area contributed by atoms with Gasteiger partial charge in [-0.15, -0.1) is 0 Å². The highest BCUT2D eigenvalue weighted by atomic mass is 32.1. The summed E-state index contributed by atoms with van der Waals surface area (Å²) in [5, 5.41) is 6.67. The molecule has 16 heavy (non-hydrogen) atoms. The van der Waals surface area contributed by atoms with Crippen molar-refractivity contribution in [3.8, 4) is 0 Å². The lowest BCUT2D eigenvalue weighted by molar-refractivity contribution is 0.512. The molecule has 0 saturated heterocycles. The van der Waals surface area contributed by atoms with E-state index >= 15 is 0 Å². The predicted molar refractivity (Wildman–Crippen MR) is 73.2 cm³/mol. The van der Waals surface area contributed by atoms with Crippen molar-refractivity contribution in [2.24, 2.45) is 15.0 Å². The van der Waals surface area contributed by atoms with Crippen molar-refractivity contribution in [1.82, 2.24) is 0 Å². The zero-order chi connectivity index (χ0) is 11.9. The summed E-state index contributed by atoms with van der Waals surface area (Å²) in [6, 6.07) is 9.06. The predicted octanol–water partition coefficient (Wildman–Crippen LogP) is 3.11. The monoisotopic (exact) mass is 263 g/mol. The average Bonchev–Trinajstić information content (AvgIpc) is 2.31. The maximum absolute atomic E-state index is 4.57. The van der Waals surface area contributed by atoms with Crippen LogP contribution in [0.4, 0.5) is 0 Å². The van der Waals surface area contributed by atoms with Gasteiger partial charge in [0, 0.05) is 5.56 Å². The molecule has 0 aliphatic heterocycles. The average molecular weight is 263 g/mol. The van der Waals surface area contributed by atoms with Crippen molar-refractivity contribution in [2.75, 3.05) is 0 Å². The SMILES string of the molecule is S=C=NC(N=C=S)(N=C=S)c1ccccc1. The Bertz CT molecular complexity index is 462. The van der Waals surface area contributed by atoms with Crippen molar-refractivity contribution in [3.05, 3.63) is 35.9 Å². The van der Waals surface area contributed by atoms with Crippen LogP contribution in [0.15, 0.2) is 45.3 Å². The highest BCUT2D eigenvalue weighted by molar-refractivity contribution is 7.78. The van der Waals surface area contributed by atoms with Gasteiger partial charge in [0.1, 0.15) is 0 Å². The van der Waals surface area contributed by atoms with Gasteiger partial charge in [0.25, 0.3) is 5.79 Å². The molecule has 0 amide bonds. The minimum absolute atomic E-state index is 0.669. The summed E-state index contributed by atoms with van der Waals surface area (Å²) in [4.78, 5) is 11.6. The number of benzene rings is 1. The molecule has 0 bridgehead atoms. The van der Waals surface area contributed by atoms with Crippen molar-refractivity contribution >= 4 is 52.1 Å². The highest BCUT2D eigenvalue weighted by Gasteiger charge is 2.29. The maximum Gasteiger partial charge on any atom is 0.297 e. The molecule has 1 aromatic rings. The van der Waals surface area contributed by atoms with Gasteiger partial charge in [-0.25, -0.2) is 0 Å². The Labute approximate surface area is 109 Å². The number of thiocarbonyl (C=S) groups is 3. The van der Waals surface area contributed by atoms with E-state index in [1.165, 1.54) is 0 Å². The Kier molecular flexibility index (Phi) is 4.96. The summed E-state index contributed by atoms with van der Waals surface area (Å²) < 4.78 is 0. The van der Waals surface area contributed by atoms with Gasteiger partial charge in [0.2, 0.25) is 0 Å². The van der Waals surface area contributed by atoms with Gasteiger partial charge in [-0.1, -0.05) is 30.3 Å². The van der Waals surface area contributed by atoms with Gasteiger partial charge >= 0.3 is 0 Å². The third kappa shape index (κ3) is 2.81. The lowest BCUT2D eigenvalue weighted by Crippen LogP contribution is -2.17. The second kappa shape index (κ2) is 6.26. The largest absolute Gasteiger partial charge is 0.297 e. The van der Waals surface area contributed by atoms with Gasteiger partial charge < -0.3 is 0 Å². The second-order valence-electron chi connectivity index (χ2n) is 2.61. The van der Waals surface area contributed by atoms with Crippen molar-refractivity contribution in [3.63, 3.8) is 0 Å². The van der Waals surface area contributed by atoms with E-state index in [0.29, 0.717) is 5.56 Å². The molecule has 0 aromatic heterocycles. The summed E-state index contributed by atoms with van der Waals surface area (Å²) in [6.07, 6.45) is 0. The fourth-order valence-corrected chi connectivity index (χ4v) is 1.50. The Morgan fingerprint density at radius 1 is 0.812 bits per heavy atom. The zero-order valence-corrected chi connectivity index (χ0v) is 10.4. The molecule has 1 rings (SSSR count). The van der Waals surface area contributed by atoms with E-state index in [1.54, 1.807) is 12.1 Å². The first-order valence-electron chi connectivity index (χ1n) is 4.11. The molecule has 0 radical (unpaired) electrons. The van der Waals surface area contributed by atoms with Gasteiger partial charge in [0.15, 0.2) is 0 Å². The summed E-state index contributed by atoms with van der Waals surface area (Å²) >= 11 is 13.7. The molecule has 1 aromatic carbocycles. The van der Waals surface area contributed by atoms with Crippen LogP contribution in [0.25, 0.3) is 0 Å². The van der Waals surface area contributed by atoms with E-state index in [4.69, 9.17) is 0 Å². The molecule has 78 valence electrons. The van der Waals surface area contributed by atoms with Crippen LogP contribution >= 0.6 is 36.7 Å². The van der Waals surface area contributed by atoms with Crippen molar-refractivity contribution in [2.45, 2.75) is 5.79 Å². The minimum Gasteiger partial charge on any atom is -0.172 e. The van der Waals surface area contributed by atoms with Gasteiger partial charge in [-0.3, -0.25) is 0 Å². The summed E-state index contributed by atoms with van der Waals surface area (Å²) in [7, 11) is 0. The molecule has 0 fully saturated rings. The zero-order valence-electron chi connectivity index (χ0n) is 7.95. The molecule has 6 heteroatoms. The number of hydrogen-bond donors (Lipinski definition) is 0. The maximum atomic E-state index is 4.57. The summed E-state index contributed by atoms with van der Waals surface area (Å²) in [6.45, 7) is 0. The molecule has 0 heterocycles. The first-order valence-corrected chi connectivity index (χ1v) is 5.34. The fourth-order valence-electron chi connectivity index (χ4n) is 1.12. The van der Waals surface area contributed by atoms with E-state index < -0.39 is 5.79 Å². The Morgan fingerprint density at radius 3 is 1.62 bits per heavy atom. The van der Waals surface area contributed by atoms with Crippen LogP contribution in [0.1, 0.15) is 5.56 Å². The van der Waals surface area contributed by atoms with Crippen LogP contribution in [-0.4, -0.2) is 15.5 Å². The second-order valence-corrected chi connectivity index (χ2v) is 3.16. The van der Waals surface area contributed by atoms with Crippen LogP contribution in [-0.2, 0) is 5.79 Å². The normalized spacial score (nSPS) is 12.2. The minimum atomic E-state index is -1.33. The Balaban J connectivity index is 3.49. The van der Waals surface area contributed by atoms with E-state index in [2.05, 4.69) is 67.1 Å². The third-order valence-electron chi connectivity index (χ3n) is 1.77. The van der Waals surface area contributed by atoms with E-state index in [1.807, 2.05) is 18.2 Å². The van der Waals surface area contributed by atoms with E-state index in [-0.39, 0.29) is 0 Å². The van der Waals surface area contributed by atoms with Gasteiger partial charge in [-0.2, -0.15) is 15.0 Å². The molecule has 3 nitrogen and oxygen atoms in total. The summed E-state index contributed by atoms with van der Waals surface area (Å²) in [5.74, 6) is -1.33. The quantitative estimate of drug-likeness (QED) is 0.618. The van der Waals surface area contributed by atoms with E-state index in [9.17, 15) is 0 Å². The van der Waals surface area contributed by atoms with Crippen LogP contribution in [0.3, 0.4) is 0 Å². The first-order chi connectivity index (χ1) is 7.79. The summed E-state index contributed by atoms with van der Waals surface area (Å²) in [5.41, 5.74) is 0.669. The van der Waals surface area contributed by atoms with Crippen LogP contribution in [0.5, 0.6) is 0 Å². The van der Waals surface area contributed by atoms with Crippen molar-refractivity contribution in [1.29, 1.82) is 0 Å². The van der Waals surface area contributed by atoms with Gasteiger partial charge in [0.05, 0.1) is 15.5 Å². The molecule has 0 spiro atoms. The highest BCUT2D eigenvalue weighted by Crippen LogP contribution is 2.27. The topological polar surface area (TPSA) is 37.1 Å². The number of aliphatic imine (C=N–C) groups is 3. The van der Waals surface area contributed by atoms with Crippen LogP contribution in [0, 0.1) is 0 Å². The number of hydrogen-bond acceptors (Lipinski definition) is 6.